The minimum absolute atomic E-state index is 0.0826. The lowest BCUT2D eigenvalue weighted by Crippen LogP contribution is -2.30. The predicted molar refractivity (Wildman–Crippen MR) is 80.1 cm³/mol. The fourth-order valence-electron chi connectivity index (χ4n) is 2.48. The van der Waals surface area contributed by atoms with E-state index in [0.717, 1.165) is 18.7 Å². The molecular weight excluding hydrogens is 258 g/mol. The molecule has 1 aromatic rings. The molecule has 0 spiro atoms. The lowest BCUT2D eigenvalue weighted by atomic mass is 10.0. The highest BCUT2D eigenvalue weighted by molar-refractivity contribution is 7.84. The SMILES string of the molecule is CC(CS(C)=O)NCc1ccc2c(c1)CC(C)(C)O2. The fraction of sp³-hybridized carbons (Fsp3) is 0.600. The summed E-state index contributed by atoms with van der Waals surface area (Å²) in [6.45, 7) is 7.11. The monoisotopic (exact) mass is 281 g/mol. The van der Waals surface area contributed by atoms with Gasteiger partial charge in [0, 0.05) is 41.8 Å². The van der Waals surface area contributed by atoms with Crippen LogP contribution in [0.25, 0.3) is 0 Å². The van der Waals surface area contributed by atoms with Crippen molar-refractivity contribution < 1.29 is 8.95 Å². The molecule has 0 saturated heterocycles. The Balaban J connectivity index is 1.95. The second-order valence-corrected chi connectivity index (χ2v) is 7.48. The van der Waals surface area contributed by atoms with Crippen LogP contribution in [0.15, 0.2) is 18.2 Å². The molecule has 106 valence electrons. The van der Waals surface area contributed by atoms with Gasteiger partial charge in [0.15, 0.2) is 0 Å². The van der Waals surface area contributed by atoms with Gasteiger partial charge in [0.25, 0.3) is 0 Å². The summed E-state index contributed by atoms with van der Waals surface area (Å²) < 4.78 is 17.0. The van der Waals surface area contributed by atoms with Crippen molar-refractivity contribution in [3.63, 3.8) is 0 Å². The van der Waals surface area contributed by atoms with Crippen LogP contribution in [0.3, 0.4) is 0 Å². The third-order valence-corrected chi connectivity index (χ3v) is 4.24. The van der Waals surface area contributed by atoms with Gasteiger partial charge in [-0.2, -0.15) is 0 Å². The molecule has 0 saturated carbocycles. The number of fused-ring (bicyclic) bond motifs is 1. The first-order valence-electron chi connectivity index (χ1n) is 6.70. The number of benzene rings is 1. The van der Waals surface area contributed by atoms with Gasteiger partial charge in [0.2, 0.25) is 0 Å². The summed E-state index contributed by atoms with van der Waals surface area (Å²) in [4.78, 5) is 0. The molecule has 0 fully saturated rings. The zero-order valence-corrected chi connectivity index (χ0v) is 13.0. The van der Waals surface area contributed by atoms with Crippen LogP contribution < -0.4 is 10.1 Å². The summed E-state index contributed by atoms with van der Waals surface area (Å²) in [5, 5.41) is 3.41. The Morgan fingerprint density at radius 3 is 2.89 bits per heavy atom. The topological polar surface area (TPSA) is 38.3 Å². The van der Waals surface area contributed by atoms with Gasteiger partial charge in [0.05, 0.1) is 0 Å². The summed E-state index contributed by atoms with van der Waals surface area (Å²) in [6.07, 6.45) is 2.71. The minimum atomic E-state index is -0.746. The highest BCUT2D eigenvalue weighted by Gasteiger charge is 2.29. The lowest BCUT2D eigenvalue weighted by Gasteiger charge is -2.16. The average Bonchev–Trinajstić information content (AvgIpc) is 2.58. The van der Waals surface area contributed by atoms with E-state index in [-0.39, 0.29) is 11.6 Å². The average molecular weight is 281 g/mol. The maximum atomic E-state index is 11.1. The summed E-state index contributed by atoms with van der Waals surface area (Å²) >= 11 is 0. The minimum Gasteiger partial charge on any atom is -0.487 e. The smallest absolute Gasteiger partial charge is 0.123 e. The van der Waals surface area contributed by atoms with Crippen molar-refractivity contribution in [1.29, 1.82) is 0 Å². The van der Waals surface area contributed by atoms with Crippen molar-refractivity contribution in [2.75, 3.05) is 12.0 Å². The summed E-state index contributed by atoms with van der Waals surface area (Å²) in [7, 11) is -0.746. The second-order valence-electron chi connectivity index (χ2n) is 6.00. The van der Waals surface area contributed by atoms with Crippen LogP contribution in [0.4, 0.5) is 0 Å². The molecule has 1 aliphatic rings. The molecule has 1 aromatic carbocycles. The molecule has 2 rings (SSSR count). The van der Waals surface area contributed by atoms with Crippen LogP contribution in [0.1, 0.15) is 31.9 Å². The Bertz CT molecular complexity index is 485. The molecule has 0 aliphatic carbocycles. The highest BCUT2D eigenvalue weighted by atomic mass is 32.2. The van der Waals surface area contributed by atoms with Crippen LogP contribution in [0.2, 0.25) is 0 Å². The van der Waals surface area contributed by atoms with Crippen molar-refractivity contribution in [2.45, 2.75) is 45.4 Å². The van der Waals surface area contributed by atoms with Gasteiger partial charge in [-0.15, -0.1) is 0 Å². The second kappa shape index (κ2) is 5.63. The van der Waals surface area contributed by atoms with Crippen molar-refractivity contribution in [3.05, 3.63) is 29.3 Å². The summed E-state index contributed by atoms with van der Waals surface area (Å²) in [5.41, 5.74) is 2.46. The predicted octanol–water partition coefficient (Wildman–Crippen LogP) is 2.26. The van der Waals surface area contributed by atoms with Gasteiger partial charge < -0.3 is 10.1 Å². The molecule has 1 aliphatic heterocycles. The fourth-order valence-corrected chi connectivity index (χ4v) is 3.30. The Labute approximate surface area is 118 Å². The van der Waals surface area contributed by atoms with Crippen molar-refractivity contribution in [3.8, 4) is 5.75 Å². The van der Waals surface area contributed by atoms with E-state index in [2.05, 4.69) is 44.3 Å². The van der Waals surface area contributed by atoms with Gasteiger partial charge >= 0.3 is 0 Å². The van der Waals surface area contributed by atoms with E-state index in [4.69, 9.17) is 4.74 Å². The molecule has 2 unspecified atom stereocenters. The largest absolute Gasteiger partial charge is 0.487 e. The lowest BCUT2D eigenvalue weighted by molar-refractivity contribution is 0.138. The van der Waals surface area contributed by atoms with E-state index >= 15 is 0 Å². The van der Waals surface area contributed by atoms with Gasteiger partial charge in [-0.3, -0.25) is 4.21 Å². The number of rotatable bonds is 5. The Hall–Kier alpha value is -0.870. The molecule has 19 heavy (non-hydrogen) atoms. The van der Waals surface area contributed by atoms with Crippen molar-refractivity contribution in [2.24, 2.45) is 0 Å². The van der Waals surface area contributed by atoms with Gasteiger partial charge in [-0.25, -0.2) is 0 Å². The Morgan fingerprint density at radius 2 is 2.21 bits per heavy atom. The van der Waals surface area contributed by atoms with Gasteiger partial charge in [0.1, 0.15) is 11.4 Å². The maximum absolute atomic E-state index is 11.1. The summed E-state index contributed by atoms with van der Waals surface area (Å²) in [6, 6.07) is 6.64. The molecule has 0 bridgehead atoms. The third-order valence-electron chi connectivity index (χ3n) is 3.27. The molecular formula is C15H23NO2S. The molecule has 2 atom stereocenters. The van der Waals surface area contributed by atoms with Crippen molar-refractivity contribution >= 4 is 10.8 Å². The molecule has 1 N–H and O–H groups in total. The molecule has 0 radical (unpaired) electrons. The number of nitrogens with one attached hydrogen (secondary N) is 1. The summed E-state index contributed by atoms with van der Waals surface area (Å²) in [5.74, 6) is 1.71. The van der Waals surface area contributed by atoms with Gasteiger partial charge in [-0.05, 0) is 38.0 Å². The zero-order valence-electron chi connectivity index (χ0n) is 12.2. The molecule has 3 nitrogen and oxygen atoms in total. The van der Waals surface area contributed by atoms with Crippen LogP contribution in [-0.2, 0) is 23.8 Å². The highest BCUT2D eigenvalue weighted by Crippen LogP contribution is 2.35. The van der Waals surface area contributed by atoms with E-state index in [9.17, 15) is 4.21 Å². The van der Waals surface area contributed by atoms with Crippen molar-refractivity contribution in [1.82, 2.24) is 5.32 Å². The molecule has 0 aromatic heterocycles. The van der Waals surface area contributed by atoms with Crippen LogP contribution in [0.5, 0.6) is 5.75 Å². The van der Waals surface area contributed by atoms with Crippen LogP contribution in [-0.4, -0.2) is 27.9 Å². The maximum Gasteiger partial charge on any atom is 0.123 e. The van der Waals surface area contributed by atoms with E-state index in [0.29, 0.717) is 5.75 Å². The number of hydrogen-bond donors (Lipinski definition) is 1. The number of hydrogen-bond acceptors (Lipinski definition) is 3. The van der Waals surface area contributed by atoms with E-state index in [1.807, 2.05) is 0 Å². The molecule has 0 amide bonds. The number of ether oxygens (including phenoxy) is 1. The zero-order chi connectivity index (χ0) is 14.0. The third kappa shape index (κ3) is 4.05. The first-order valence-corrected chi connectivity index (χ1v) is 8.43. The quantitative estimate of drug-likeness (QED) is 0.899. The normalized spacial score (nSPS) is 19.6. The van der Waals surface area contributed by atoms with E-state index < -0.39 is 10.8 Å². The molecule has 4 heteroatoms. The molecule has 1 heterocycles. The van der Waals surface area contributed by atoms with Crippen LogP contribution in [0, 0.1) is 0 Å². The van der Waals surface area contributed by atoms with Crippen LogP contribution >= 0.6 is 0 Å². The standard InChI is InChI=1S/C15H23NO2S/c1-11(10-19(4)17)16-9-12-5-6-14-13(7-12)8-15(2,3)18-14/h5-7,11,16H,8-10H2,1-4H3. The van der Waals surface area contributed by atoms with E-state index in [1.54, 1.807) is 6.26 Å². The Kier molecular flexibility index (Phi) is 4.31. The van der Waals surface area contributed by atoms with Gasteiger partial charge in [-0.1, -0.05) is 12.1 Å². The Morgan fingerprint density at radius 1 is 1.47 bits per heavy atom. The first kappa shape index (κ1) is 14.5. The first-order chi connectivity index (χ1) is 8.85. The van der Waals surface area contributed by atoms with E-state index in [1.165, 1.54) is 11.1 Å².